The summed E-state index contributed by atoms with van der Waals surface area (Å²) in [5.41, 5.74) is 8.23. The number of nitrogens with one attached hydrogen (secondary N) is 1. The van der Waals surface area contributed by atoms with Gasteiger partial charge in [0.05, 0.1) is 0 Å². The van der Waals surface area contributed by atoms with Gasteiger partial charge in [0, 0.05) is 24.3 Å². The van der Waals surface area contributed by atoms with Crippen molar-refractivity contribution in [2.75, 3.05) is 18.0 Å². The Labute approximate surface area is 131 Å². The Morgan fingerprint density at radius 3 is 2.45 bits per heavy atom. The zero-order valence-electron chi connectivity index (χ0n) is 13.8. The molecule has 5 heteroatoms. The Kier molecular flexibility index (Phi) is 4.56. The van der Waals surface area contributed by atoms with Gasteiger partial charge in [0.25, 0.3) is 0 Å². The average Bonchev–Trinajstić information content (AvgIpc) is 2.79. The second-order valence-corrected chi connectivity index (χ2v) is 6.75. The van der Waals surface area contributed by atoms with E-state index in [4.69, 9.17) is 5.73 Å². The minimum absolute atomic E-state index is 0.129. The molecule has 1 unspecified atom stereocenters. The molecule has 1 aromatic rings. The molecule has 0 spiro atoms. The van der Waals surface area contributed by atoms with Crippen molar-refractivity contribution in [3.63, 3.8) is 0 Å². The summed E-state index contributed by atoms with van der Waals surface area (Å²) in [6.07, 6.45) is 0.540. The van der Waals surface area contributed by atoms with Crippen LogP contribution in [0.3, 0.4) is 0 Å². The Balaban J connectivity index is 2.14. The Hall–Kier alpha value is -1.88. The van der Waals surface area contributed by atoms with E-state index < -0.39 is 11.5 Å². The van der Waals surface area contributed by atoms with Crippen LogP contribution in [0.15, 0.2) is 18.2 Å². The van der Waals surface area contributed by atoms with Crippen LogP contribution >= 0.6 is 0 Å². The first kappa shape index (κ1) is 16.5. The third-order valence-corrected chi connectivity index (χ3v) is 4.01. The molecule has 1 saturated heterocycles. The largest absolute Gasteiger partial charge is 0.349 e. The maximum Gasteiger partial charge on any atom is 0.239 e. The summed E-state index contributed by atoms with van der Waals surface area (Å²) >= 11 is 0. The number of hydrogen-bond donors (Lipinski definition) is 2. The van der Waals surface area contributed by atoms with E-state index in [1.165, 1.54) is 0 Å². The van der Waals surface area contributed by atoms with Gasteiger partial charge in [0.2, 0.25) is 11.8 Å². The lowest BCUT2D eigenvalue weighted by atomic mass is 10.0. The standard InChI is InChI=1S/C17H25N3O2/c1-11-7-12(2)9-13(8-11)20-6-5-14(16(20)22)15(21)19-17(3,4)10-18/h7-9,14H,5-6,10,18H2,1-4H3,(H,19,21). The summed E-state index contributed by atoms with van der Waals surface area (Å²) in [6.45, 7) is 8.62. The van der Waals surface area contributed by atoms with E-state index in [9.17, 15) is 9.59 Å². The molecule has 3 N–H and O–H groups in total. The topological polar surface area (TPSA) is 75.4 Å². The molecule has 22 heavy (non-hydrogen) atoms. The number of nitrogens with two attached hydrogens (primary N) is 1. The van der Waals surface area contributed by atoms with Crippen molar-refractivity contribution in [3.05, 3.63) is 29.3 Å². The SMILES string of the molecule is Cc1cc(C)cc(N2CCC(C(=O)NC(C)(C)CN)C2=O)c1. The van der Waals surface area contributed by atoms with Gasteiger partial charge in [0.15, 0.2) is 0 Å². The highest BCUT2D eigenvalue weighted by molar-refractivity contribution is 6.09. The van der Waals surface area contributed by atoms with Gasteiger partial charge in [-0.2, -0.15) is 0 Å². The number of carbonyl (C=O) groups is 2. The summed E-state index contributed by atoms with van der Waals surface area (Å²) in [5.74, 6) is -0.978. The third-order valence-electron chi connectivity index (χ3n) is 4.01. The maximum absolute atomic E-state index is 12.6. The van der Waals surface area contributed by atoms with Crippen LogP contribution in [-0.4, -0.2) is 30.4 Å². The quantitative estimate of drug-likeness (QED) is 0.828. The van der Waals surface area contributed by atoms with Crippen LogP contribution in [0.2, 0.25) is 0 Å². The van der Waals surface area contributed by atoms with E-state index in [-0.39, 0.29) is 11.8 Å². The van der Waals surface area contributed by atoms with E-state index >= 15 is 0 Å². The van der Waals surface area contributed by atoms with Crippen LogP contribution in [0.5, 0.6) is 0 Å². The van der Waals surface area contributed by atoms with E-state index in [1.807, 2.05) is 39.8 Å². The molecular formula is C17H25N3O2. The summed E-state index contributed by atoms with van der Waals surface area (Å²) in [6, 6.07) is 6.03. The third kappa shape index (κ3) is 3.47. The molecule has 1 fully saturated rings. The number of aryl methyl sites for hydroxylation is 2. The predicted molar refractivity (Wildman–Crippen MR) is 87.7 cm³/mol. The number of nitrogens with zero attached hydrogens (tertiary/aromatic N) is 1. The van der Waals surface area contributed by atoms with Gasteiger partial charge >= 0.3 is 0 Å². The molecule has 0 aliphatic carbocycles. The number of hydrogen-bond acceptors (Lipinski definition) is 3. The minimum Gasteiger partial charge on any atom is -0.349 e. The highest BCUT2D eigenvalue weighted by Gasteiger charge is 2.39. The summed E-state index contributed by atoms with van der Waals surface area (Å²) in [5, 5.41) is 2.86. The van der Waals surface area contributed by atoms with Crippen molar-refractivity contribution in [3.8, 4) is 0 Å². The molecule has 0 saturated carbocycles. The molecule has 1 aromatic carbocycles. The summed E-state index contributed by atoms with van der Waals surface area (Å²) in [7, 11) is 0. The summed E-state index contributed by atoms with van der Waals surface area (Å²) in [4.78, 5) is 26.6. The molecule has 0 bridgehead atoms. The number of amides is 2. The van der Waals surface area contributed by atoms with Gasteiger partial charge in [-0.05, 0) is 57.4 Å². The number of anilines is 1. The van der Waals surface area contributed by atoms with Crippen LogP contribution in [0.1, 0.15) is 31.4 Å². The van der Waals surface area contributed by atoms with Crippen LogP contribution in [-0.2, 0) is 9.59 Å². The molecule has 120 valence electrons. The lowest BCUT2D eigenvalue weighted by Crippen LogP contribution is -2.51. The van der Waals surface area contributed by atoms with Crippen LogP contribution in [0, 0.1) is 19.8 Å². The van der Waals surface area contributed by atoms with Gasteiger partial charge in [-0.15, -0.1) is 0 Å². The number of benzene rings is 1. The van der Waals surface area contributed by atoms with E-state index in [2.05, 4.69) is 11.4 Å². The normalized spacial score (nSPS) is 18.7. The van der Waals surface area contributed by atoms with Crippen molar-refractivity contribution >= 4 is 17.5 Å². The fraction of sp³-hybridized carbons (Fsp3) is 0.529. The molecule has 1 atom stereocenters. The lowest BCUT2D eigenvalue weighted by Gasteiger charge is -2.26. The van der Waals surface area contributed by atoms with Gasteiger partial charge < -0.3 is 16.0 Å². The zero-order chi connectivity index (χ0) is 16.5. The van der Waals surface area contributed by atoms with Crippen molar-refractivity contribution in [1.82, 2.24) is 5.32 Å². The van der Waals surface area contributed by atoms with Crippen molar-refractivity contribution < 1.29 is 9.59 Å². The van der Waals surface area contributed by atoms with Crippen LogP contribution in [0.4, 0.5) is 5.69 Å². The molecule has 2 rings (SSSR count). The van der Waals surface area contributed by atoms with Gasteiger partial charge in [-0.3, -0.25) is 9.59 Å². The Morgan fingerprint density at radius 2 is 1.91 bits per heavy atom. The second-order valence-electron chi connectivity index (χ2n) is 6.75. The Morgan fingerprint density at radius 1 is 1.32 bits per heavy atom. The number of carbonyl (C=O) groups excluding carboxylic acids is 2. The highest BCUT2D eigenvalue weighted by Crippen LogP contribution is 2.27. The molecule has 1 aliphatic rings. The molecule has 1 heterocycles. The average molecular weight is 303 g/mol. The van der Waals surface area contributed by atoms with Gasteiger partial charge in [0.1, 0.15) is 5.92 Å². The van der Waals surface area contributed by atoms with Crippen molar-refractivity contribution in [2.24, 2.45) is 11.7 Å². The Bertz CT molecular complexity index is 575. The number of rotatable bonds is 4. The van der Waals surface area contributed by atoms with Gasteiger partial charge in [-0.25, -0.2) is 0 Å². The maximum atomic E-state index is 12.6. The molecule has 0 aromatic heterocycles. The molecule has 0 radical (unpaired) electrons. The molecule has 2 amide bonds. The smallest absolute Gasteiger partial charge is 0.239 e. The zero-order valence-corrected chi connectivity index (χ0v) is 13.8. The fourth-order valence-corrected chi connectivity index (χ4v) is 2.76. The monoisotopic (exact) mass is 303 g/mol. The first-order valence-corrected chi connectivity index (χ1v) is 7.65. The summed E-state index contributed by atoms with van der Waals surface area (Å²) < 4.78 is 0. The predicted octanol–water partition coefficient (Wildman–Crippen LogP) is 1.51. The fourth-order valence-electron chi connectivity index (χ4n) is 2.76. The molecule has 5 nitrogen and oxygen atoms in total. The first-order valence-electron chi connectivity index (χ1n) is 7.65. The lowest BCUT2D eigenvalue weighted by molar-refractivity contribution is -0.133. The molecule has 1 aliphatic heterocycles. The second kappa shape index (κ2) is 6.08. The van der Waals surface area contributed by atoms with Crippen molar-refractivity contribution in [1.29, 1.82) is 0 Å². The highest BCUT2D eigenvalue weighted by atomic mass is 16.2. The van der Waals surface area contributed by atoms with E-state index in [1.54, 1.807) is 4.90 Å². The van der Waals surface area contributed by atoms with Gasteiger partial charge in [-0.1, -0.05) is 6.07 Å². The van der Waals surface area contributed by atoms with E-state index in [0.717, 1.165) is 16.8 Å². The van der Waals surface area contributed by atoms with E-state index in [0.29, 0.717) is 19.5 Å². The van der Waals surface area contributed by atoms with Crippen LogP contribution in [0.25, 0.3) is 0 Å². The minimum atomic E-state index is -0.619. The van der Waals surface area contributed by atoms with Crippen LogP contribution < -0.4 is 16.0 Å². The first-order chi connectivity index (χ1) is 10.2. The van der Waals surface area contributed by atoms with Crippen molar-refractivity contribution in [2.45, 2.75) is 39.7 Å². The molecular weight excluding hydrogens is 278 g/mol.